The molecule has 1 amide bonds. The molecule has 2 aromatic heterocycles. The van der Waals surface area contributed by atoms with Crippen LogP contribution in [0.2, 0.25) is 0 Å². The third kappa shape index (κ3) is 4.84. The van der Waals surface area contributed by atoms with Gasteiger partial charge < -0.3 is 10.3 Å². The van der Waals surface area contributed by atoms with E-state index in [4.69, 9.17) is 5.73 Å². The highest BCUT2D eigenvalue weighted by molar-refractivity contribution is 8.03. The summed E-state index contributed by atoms with van der Waals surface area (Å²) >= 11 is 4.01. The number of hydrogen-bond donors (Lipinski definition) is 1. The van der Waals surface area contributed by atoms with Gasteiger partial charge in [-0.15, -0.1) is 10.2 Å². The fourth-order valence-electron chi connectivity index (χ4n) is 2.30. The monoisotopic (exact) mass is 384 g/mol. The van der Waals surface area contributed by atoms with Gasteiger partial charge in [0, 0.05) is 23.5 Å². The summed E-state index contributed by atoms with van der Waals surface area (Å²) in [5.41, 5.74) is 8.02. The summed E-state index contributed by atoms with van der Waals surface area (Å²) in [6, 6.07) is 1.96. The van der Waals surface area contributed by atoms with Gasteiger partial charge in [-0.05, 0) is 26.3 Å². The zero-order valence-electron chi connectivity index (χ0n) is 13.9. The van der Waals surface area contributed by atoms with Crippen molar-refractivity contribution in [2.45, 2.75) is 42.4 Å². The van der Waals surface area contributed by atoms with E-state index in [2.05, 4.69) is 21.7 Å². The summed E-state index contributed by atoms with van der Waals surface area (Å²) < 4.78 is 3.59. The summed E-state index contributed by atoms with van der Waals surface area (Å²) in [5, 5.41) is 8.02. The molecule has 0 aliphatic rings. The van der Waals surface area contributed by atoms with E-state index in [0.29, 0.717) is 10.1 Å². The molecule has 0 saturated carbocycles. The number of thioether (sulfide) groups is 2. The van der Waals surface area contributed by atoms with Crippen molar-refractivity contribution in [2.75, 3.05) is 11.5 Å². The third-order valence-corrected chi connectivity index (χ3v) is 6.59. The number of hydrogen-bond acceptors (Lipinski definition) is 7. The Balaban J connectivity index is 1.96. The molecule has 6 nitrogen and oxygen atoms in total. The Morgan fingerprint density at radius 2 is 1.83 bits per heavy atom. The van der Waals surface area contributed by atoms with Crippen molar-refractivity contribution in [1.29, 1.82) is 0 Å². The lowest BCUT2D eigenvalue weighted by Crippen LogP contribution is -2.12. The van der Waals surface area contributed by atoms with Gasteiger partial charge in [-0.2, -0.15) is 0 Å². The topological polar surface area (TPSA) is 90.9 Å². The fourth-order valence-corrected chi connectivity index (χ4v) is 4.95. The summed E-state index contributed by atoms with van der Waals surface area (Å²) in [6.45, 7) is 7.07. The maximum atomic E-state index is 12.5. The van der Waals surface area contributed by atoms with Crippen LogP contribution in [0, 0.1) is 13.8 Å². The Kier molecular flexibility index (Phi) is 6.88. The molecule has 0 atom stereocenters. The minimum absolute atomic E-state index is 0.0944. The van der Waals surface area contributed by atoms with Gasteiger partial charge in [0.25, 0.3) is 0 Å². The molecular formula is C15H20N4O2S3. The second-order valence-electron chi connectivity index (χ2n) is 5.24. The summed E-state index contributed by atoms with van der Waals surface area (Å²) in [7, 11) is 0. The molecule has 2 aromatic rings. The van der Waals surface area contributed by atoms with Gasteiger partial charge in [0.15, 0.2) is 14.5 Å². The number of carbonyl (C=O) groups is 2. The molecule has 0 fully saturated rings. The lowest BCUT2D eigenvalue weighted by Gasteiger charge is -2.07. The Morgan fingerprint density at radius 1 is 1.21 bits per heavy atom. The van der Waals surface area contributed by atoms with E-state index < -0.39 is 0 Å². The number of Topliss-reactive ketones (excluding diaryl/α,β-unsaturated/α-hetero) is 1. The Bertz CT molecular complexity index is 739. The summed E-state index contributed by atoms with van der Waals surface area (Å²) in [5.74, 6) is 0.215. The number of carbonyl (C=O) groups excluding carboxylic acids is 2. The van der Waals surface area contributed by atoms with Crippen LogP contribution >= 0.6 is 34.9 Å². The molecule has 0 spiro atoms. The van der Waals surface area contributed by atoms with Gasteiger partial charge in [0.1, 0.15) is 0 Å². The molecule has 130 valence electrons. The minimum atomic E-state index is -0.387. The summed E-state index contributed by atoms with van der Waals surface area (Å²) in [4.78, 5) is 23.3. The maximum Gasteiger partial charge on any atom is 0.227 e. The van der Waals surface area contributed by atoms with Crippen LogP contribution in [0.1, 0.15) is 35.1 Å². The second kappa shape index (κ2) is 8.68. The molecule has 2 heterocycles. The first-order valence-electron chi connectivity index (χ1n) is 7.49. The van der Waals surface area contributed by atoms with Crippen LogP contribution in [0.25, 0.3) is 0 Å². The number of nitrogens with zero attached hydrogens (tertiary/aromatic N) is 3. The predicted molar refractivity (Wildman–Crippen MR) is 99.1 cm³/mol. The van der Waals surface area contributed by atoms with E-state index in [1.54, 1.807) is 0 Å². The van der Waals surface area contributed by atoms with E-state index >= 15 is 0 Å². The number of aromatic nitrogens is 3. The van der Waals surface area contributed by atoms with Gasteiger partial charge in [0.2, 0.25) is 5.91 Å². The number of rotatable bonds is 9. The Morgan fingerprint density at radius 3 is 2.42 bits per heavy atom. The number of amides is 1. The molecular weight excluding hydrogens is 364 g/mol. The lowest BCUT2D eigenvalue weighted by molar-refractivity contribution is -0.115. The normalized spacial score (nSPS) is 11.0. The van der Waals surface area contributed by atoms with Crippen LogP contribution in [0.5, 0.6) is 0 Å². The van der Waals surface area contributed by atoms with E-state index in [-0.39, 0.29) is 17.4 Å². The van der Waals surface area contributed by atoms with E-state index in [9.17, 15) is 9.59 Å². The largest absolute Gasteiger partial charge is 0.369 e. The average molecular weight is 385 g/mol. The van der Waals surface area contributed by atoms with Gasteiger partial charge in [-0.25, -0.2) is 0 Å². The molecule has 9 heteroatoms. The zero-order valence-corrected chi connectivity index (χ0v) is 16.3. The van der Waals surface area contributed by atoms with E-state index in [1.807, 2.05) is 19.9 Å². The van der Waals surface area contributed by atoms with Crippen LogP contribution < -0.4 is 5.73 Å². The van der Waals surface area contributed by atoms with E-state index in [0.717, 1.165) is 34.3 Å². The molecule has 0 radical (unpaired) electrons. The van der Waals surface area contributed by atoms with Gasteiger partial charge in [-0.1, -0.05) is 41.8 Å². The Labute approximate surface area is 153 Å². The Hall–Kier alpha value is -1.32. The highest BCUT2D eigenvalue weighted by Gasteiger charge is 2.16. The van der Waals surface area contributed by atoms with Crippen LogP contribution in [-0.4, -0.2) is 38.0 Å². The van der Waals surface area contributed by atoms with Crippen molar-refractivity contribution in [2.24, 2.45) is 5.73 Å². The molecule has 0 aliphatic carbocycles. The quantitative estimate of drug-likeness (QED) is 0.528. The van der Waals surface area contributed by atoms with Crippen molar-refractivity contribution >= 4 is 46.6 Å². The van der Waals surface area contributed by atoms with Crippen molar-refractivity contribution in [3.05, 3.63) is 23.0 Å². The van der Waals surface area contributed by atoms with Crippen molar-refractivity contribution in [1.82, 2.24) is 14.8 Å². The smallest absolute Gasteiger partial charge is 0.227 e. The van der Waals surface area contributed by atoms with Crippen LogP contribution in [0.4, 0.5) is 0 Å². The van der Waals surface area contributed by atoms with Crippen LogP contribution in [0.3, 0.4) is 0 Å². The first-order valence-corrected chi connectivity index (χ1v) is 10.3. The number of primary amides is 1. The van der Waals surface area contributed by atoms with E-state index in [1.165, 1.54) is 34.9 Å². The molecule has 0 saturated heterocycles. The van der Waals surface area contributed by atoms with Gasteiger partial charge >= 0.3 is 0 Å². The molecule has 0 unspecified atom stereocenters. The minimum Gasteiger partial charge on any atom is -0.369 e. The fraction of sp³-hybridized carbons (Fsp3) is 0.467. The zero-order chi connectivity index (χ0) is 17.7. The highest BCUT2D eigenvalue weighted by Crippen LogP contribution is 2.29. The second-order valence-corrected chi connectivity index (χ2v) is 8.66. The molecule has 0 bridgehead atoms. The molecule has 0 aromatic carbocycles. The van der Waals surface area contributed by atoms with Crippen molar-refractivity contribution in [3.63, 3.8) is 0 Å². The SMILES string of the molecule is CCCn1c(C)cc(C(=O)CSc2nnc(SCC(N)=O)s2)c1C. The molecule has 0 aliphatic heterocycles. The van der Waals surface area contributed by atoms with Gasteiger partial charge in [0.05, 0.1) is 11.5 Å². The van der Waals surface area contributed by atoms with Crippen molar-refractivity contribution in [3.8, 4) is 0 Å². The lowest BCUT2D eigenvalue weighted by atomic mass is 10.2. The number of ketones is 1. The van der Waals surface area contributed by atoms with Gasteiger partial charge in [-0.3, -0.25) is 9.59 Å². The maximum absolute atomic E-state index is 12.5. The summed E-state index contributed by atoms with van der Waals surface area (Å²) in [6.07, 6.45) is 1.04. The van der Waals surface area contributed by atoms with Crippen LogP contribution in [-0.2, 0) is 11.3 Å². The standard InChI is InChI=1S/C15H20N4O2S3/c1-4-5-19-9(2)6-11(10(19)3)12(20)7-22-14-17-18-15(24-14)23-8-13(16)21/h6H,4-5,7-8H2,1-3H3,(H2,16,21). The van der Waals surface area contributed by atoms with Crippen LogP contribution in [0.15, 0.2) is 14.7 Å². The average Bonchev–Trinajstić information content (AvgIpc) is 3.10. The first kappa shape index (κ1) is 19.0. The molecule has 2 rings (SSSR count). The predicted octanol–water partition coefficient (Wildman–Crippen LogP) is 2.92. The number of aryl methyl sites for hydroxylation is 1. The van der Waals surface area contributed by atoms with Crippen molar-refractivity contribution < 1.29 is 9.59 Å². The first-order chi connectivity index (χ1) is 11.4. The number of nitrogens with two attached hydrogens (primary N) is 1. The molecule has 2 N–H and O–H groups in total. The highest BCUT2D eigenvalue weighted by atomic mass is 32.2. The third-order valence-electron chi connectivity index (χ3n) is 3.37. The molecule has 24 heavy (non-hydrogen) atoms.